The Hall–Kier alpha value is -2.99. The number of carbonyl (C=O) groups excluding carboxylic acids is 1. The maximum atomic E-state index is 13.9. The molecule has 1 atom stereocenters. The Morgan fingerprint density at radius 2 is 1.59 bits per heavy atom. The number of hydrogen-bond acceptors (Lipinski definition) is 3. The quantitative estimate of drug-likeness (QED) is 0.687. The molecule has 1 aliphatic rings. The molecule has 136 valence electrons. The van der Waals surface area contributed by atoms with Gasteiger partial charge in [0.2, 0.25) is 0 Å². The minimum atomic E-state index is -4.12. The molecule has 0 saturated carbocycles. The lowest BCUT2D eigenvalue weighted by molar-refractivity contribution is 0.0865. The van der Waals surface area contributed by atoms with E-state index in [0.29, 0.717) is 11.1 Å². The Morgan fingerprint density at radius 1 is 0.926 bits per heavy atom. The van der Waals surface area contributed by atoms with Crippen LogP contribution in [0.15, 0.2) is 77.7 Å². The average molecular weight is 381 g/mol. The summed E-state index contributed by atoms with van der Waals surface area (Å²) in [7, 11) is -4.12. The first-order valence-corrected chi connectivity index (χ1v) is 9.83. The van der Waals surface area contributed by atoms with Gasteiger partial charge in [0.15, 0.2) is 0 Å². The monoisotopic (exact) mass is 381 g/mol. The predicted molar refractivity (Wildman–Crippen MR) is 99.2 cm³/mol. The van der Waals surface area contributed by atoms with Gasteiger partial charge in [0.05, 0.1) is 10.9 Å². The number of aryl methyl sites for hydroxylation is 1. The van der Waals surface area contributed by atoms with Gasteiger partial charge in [-0.25, -0.2) is 17.1 Å². The Labute approximate surface area is 156 Å². The van der Waals surface area contributed by atoms with Gasteiger partial charge in [-0.05, 0) is 48.4 Å². The highest BCUT2D eigenvalue weighted by Gasteiger charge is 2.45. The van der Waals surface area contributed by atoms with Crippen molar-refractivity contribution in [2.75, 3.05) is 0 Å². The summed E-state index contributed by atoms with van der Waals surface area (Å²) in [5, 5.41) is 0. The molecular weight excluding hydrogens is 365 g/mol. The molecule has 0 unspecified atom stereocenters. The molecule has 1 aliphatic heterocycles. The topological polar surface area (TPSA) is 54.5 Å². The zero-order chi connectivity index (χ0) is 19.2. The summed E-state index contributed by atoms with van der Waals surface area (Å²) < 4.78 is 41.4. The fraction of sp³-hybridized carbons (Fsp3) is 0.0952. The zero-order valence-electron chi connectivity index (χ0n) is 14.5. The largest absolute Gasteiger partial charge is 0.268 e. The van der Waals surface area contributed by atoms with Gasteiger partial charge in [-0.1, -0.05) is 48.0 Å². The second-order valence-corrected chi connectivity index (χ2v) is 8.28. The van der Waals surface area contributed by atoms with Crippen LogP contribution < -0.4 is 0 Å². The van der Waals surface area contributed by atoms with Crippen molar-refractivity contribution >= 4 is 15.9 Å². The number of benzene rings is 3. The maximum absolute atomic E-state index is 13.9. The molecule has 0 radical (unpaired) electrons. The number of carbonyl (C=O) groups is 1. The van der Waals surface area contributed by atoms with Crippen LogP contribution in [-0.4, -0.2) is 18.6 Å². The van der Waals surface area contributed by atoms with Crippen LogP contribution in [0.25, 0.3) is 0 Å². The van der Waals surface area contributed by atoms with E-state index in [9.17, 15) is 17.6 Å². The molecule has 4 rings (SSSR count). The number of sulfonamides is 1. The van der Waals surface area contributed by atoms with E-state index in [1.54, 1.807) is 42.5 Å². The molecular formula is C21H16FNO3S. The van der Waals surface area contributed by atoms with E-state index in [0.717, 1.165) is 9.87 Å². The Kier molecular flexibility index (Phi) is 4.08. The number of amides is 1. The van der Waals surface area contributed by atoms with Crippen molar-refractivity contribution in [2.24, 2.45) is 0 Å². The normalized spacial score (nSPS) is 16.4. The van der Waals surface area contributed by atoms with Gasteiger partial charge in [-0.3, -0.25) is 4.79 Å². The summed E-state index contributed by atoms with van der Waals surface area (Å²) in [4.78, 5) is 13.0. The molecule has 0 saturated heterocycles. The molecule has 0 spiro atoms. The molecule has 27 heavy (non-hydrogen) atoms. The third-order valence-corrected chi connectivity index (χ3v) is 6.43. The van der Waals surface area contributed by atoms with Crippen molar-refractivity contribution in [1.29, 1.82) is 0 Å². The highest BCUT2D eigenvalue weighted by molar-refractivity contribution is 7.89. The average Bonchev–Trinajstić information content (AvgIpc) is 2.95. The third-order valence-electron chi connectivity index (χ3n) is 4.67. The summed E-state index contributed by atoms with van der Waals surface area (Å²) in [6.45, 7) is 1.85. The Morgan fingerprint density at radius 3 is 2.26 bits per heavy atom. The number of rotatable bonds is 3. The van der Waals surface area contributed by atoms with E-state index >= 15 is 0 Å². The molecule has 0 bridgehead atoms. The fourth-order valence-electron chi connectivity index (χ4n) is 3.34. The minimum absolute atomic E-state index is 0.0238. The van der Waals surface area contributed by atoms with Crippen molar-refractivity contribution in [3.8, 4) is 0 Å². The molecule has 0 N–H and O–H groups in total. The van der Waals surface area contributed by atoms with Gasteiger partial charge in [-0.2, -0.15) is 0 Å². The summed E-state index contributed by atoms with van der Waals surface area (Å²) in [6, 6.07) is 17.9. The van der Waals surface area contributed by atoms with Crippen molar-refractivity contribution in [3.05, 3.63) is 101 Å². The van der Waals surface area contributed by atoms with Crippen LogP contribution in [-0.2, 0) is 10.0 Å². The van der Waals surface area contributed by atoms with Crippen LogP contribution in [0.1, 0.15) is 33.1 Å². The Balaban J connectivity index is 1.93. The SMILES string of the molecule is Cc1ccc(S(=O)(=O)N2C(=O)c3ccc(F)cc3[C@@H]2c2ccccc2)cc1. The van der Waals surface area contributed by atoms with Crippen molar-refractivity contribution in [1.82, 2.24) is 4.31 Å². The lowest BCUT2D eigenvalue weighted by Gasteiger charge is -2.25. The third kappa shape index (κ3) is 2.82. The number of halogens is 1. The molecule has 3 aromatic rings. The van der Waals surface area contributed by atoms with E-state index in [1.807, 2.05) is 6.92 Å². The fourth-order valence-corrected chi connectivity index (χ4v) is 4.88. The van der Waals surface area contributed by atoms with E-state index in [4.69, 9.17) is 0 Å². The number of nitrogens with zero attached hydrogens (tertiary/aromatic N) is 1. The maximum Gasteiger partial charge on any atom is 0.268 e. The first kappa shape index (κ1) is 17.4. The highest BCUT2D eigenvalue weighted by atomic mass is 32.2. The van der Waals surface area contributed by atoms with Crippen LogP contribution in [0.5, 0.6) is 0 Å². The van der Waals surface area contributed by atoms with Crippen LogP contribution >= 0.6 is 0 Å². The van der Waals surface area contributed by atoms with Gasteiger partial charge < -0.3 is 0 Å². The van der Waals surface area contributed by atoms with E-state index in [2.05, 4.69) is 0 Å². The molecule has 3 aromatic carbocycles. The molecule has 1 heterocycles. The molecule has 0 aliphatic carbocycles. The van der Waals surface area contributed by atoms with E-state index in [-0.39, 0.29) is 10.5 Å². The summed E-state index contributed by atoms with van der Waals surface area (Å²) >= 11 is 0. The molecule has 1 amide bonds. The van der Waals surface area contributed by atoms with Crippen LogP contribution in [0.4, 0.5) is 4.39 Å². The number of fused-ring (bicyclic) bond motifs is 1. The number of hydrogen-bond donors (Lipinski definition) is 0. The second kappa shape index (κ2) is 6.32. The van der Waals surface area contributed by atoms with Gasteiger partial charge in [-0.15, -0.1) is 0 Å². The lowest BCUT2D eigenvalue weighted by atomic mass is 9.98. The van der Waals surface area contributed by atoms with Crippen LogP contribution in [0, 0.1) is 12.7 Å². The van der Waals surface area contributed by atoms with E-state index in [1.165, 1.54) is 30.3 Å². The minimum Gasteiger partial charge on any atom is -0.268 e. The lowest BCUT2D eigenvalue weighted by Crippen LogP contribution is -2.35. The first-order valence-electron chi connectivity index (χ1n) is 8.39. The summed E-state index contributed by atoms with van der Waals surface area (Å²) in [5.41, 5.74) is 2.06. The smallest absolute Gasteiger partial charge is 0.268 e. The van der Waals surface area contributed by atoms with Crippen molar-refractivity contribution < 1.29 is 17.6 Å². The van der Waals surface area contributed by atoms with Crippen molar-refractivity contribution in [3.63, 3.8) is 0 Å². The van der Waals surface area contributed by atoms with Crippen molar-refractivity contribution in [2.45, 2.75) is 17.9 Å². The van der Waals surface area contributed by atoms with Gasteiger partial charge >= 0.3 is 0 Å². The molecule has 4 nitrogen and oxygen atoms in total. The highest BCUT2D eigenvalue weighted by Crippen LogP contribution is 2.42. The molecule has 0 fully saturated rings. The van der Waals surface area contributed by atoms with Crippen LogP contribution in [0.2, 0.25) is 0 Å². The first-order chi connectivity index (χ1) is 12.9. The molecule has 6 heteroatoms. The zero-order valence-corrected chi connectivity index (χ0v) is 15.3. The second-order valence-electron chi connectivity index (χ2n) is 6.46. The molecule has 0 aromatic heterocycles. The summed E-state index contributed by atoms with van der Waals surface area (Å²) in [5.74, 6) is -1.17. The van der Waals surface area contributed by atoms with E-state index < -0.39 is 27.8 Å². The standard InChI is InChI=1S/C21H16FNO3S/c1-14-7-10-17(11-8-14)27(25,26)23-20(15-5-3-2-4-6-15)19-13-16(22)9-12-18(19)21(23)24/h2-13,20H,1H3/t20-/m0/s1. The summed E-state index contributed by atoms with van der Waals surface area (Å²) in [6.07, 6.45) is 0. The van der Waals surface area contributed by atoms with Crippen LogP contribution in [0.3, 0.4) is 0 Å². The Bertz CT molecular complexity index is 1130. The predicted octanol–water partition coefficient (Wildman–Crippen LogP) is 4.07. The van der Waals surface area contributed by atoms with Gasteiger partial charge in [0, 0.05) is 5.56 Å². The van der Waals surface area contributed by atoms with Gasteiger partial charge in [0.1, 0.15) is 5.82 Å². The van der Waals surface area contributed by atoms with Gasteiger partial charge in [0.25, 0.3) is 15.9 Å².